The predicted octanol–water partition coefficient (Wildman–Crippen LogP) is 3.39. The van der Waals surface area contributed by atoms with Crippen LogP contribution in [0.3, 0.4) is 0 Å². The highest BCUT2D eigenvalue weighted by atomic mass is 16.5. The van der Waals surface area contributed by atoms with Crippen molar-refractivity contribution in [1.29, 1.82) is 0 Å². The van der Waals surface area contributed by atoms with E-state index in [9.17, 15) is 9.59 Å². The lowest BCUT2D eigenvalue weighted by Crippen LogP contribution is -1.97. The molecule has 0 spiro atoms. The molecule has 0 saturated carbocycles. The molecule has 19 heavy (non-hydrogen) atoms. The molecule has 0 unspecified atom stereocenters. The highest BCUT2D eigenvalue weighted by Crippen LogP contribution is 2.16. The Bertz CT molecular complexity index is 568. The van der Waals surface area contributed by atoms with Crippen molar-refractivity contribution in [2.45, 2.75) is 6.92 Å². The van der Waals surface area contributed by atoms with Gasteiger partial charge in [-0.3, -0.25) is 4.79 Å². The smallest absolute Gasteiger partial charge is 0.330 e. The van der Waals surface area contributed by atoms with Crippen molar-refractivity contribution in [2.24, 2.45) is 0 Å². The molecule has 2 rings (SSSR count). The van der Waals surface area contributed by atoms with Gasteiger partial charge in [0.15, 0.2) is 6.29 Å². The standard InChI is InChI=1S/C11H8O.C5H8O2/c12-8-10-6-3-5-9-4-1-2-7-11(9)10;1-3-5(6)7-4-2/h1-8H;3H,1,4H2,2H3. The summed E-state index contributed by atoms with van der Waals surface area (Å²) in [7, 11) is 0. The van der Waals surface area contributed by atoms with Gasteiger partial charge < -0.3 is 4.74 Å². The van der Waals surface area contributed by atoms with Crippen LogP contribution in [0, 0.1) is 0 Å². The number of carbonyl (C=O) groups excluding carboxylic acids is 2. The Labute approximate surface area is 112 Å². The molecule has 0 aliphatic carbocycles. The molecule has 0 aromatic heterocycles. The van der Waals surface area contributed by atoms with Gasteiger partial charge in [0.05, 0.1) is 6.61 Å². The fraction of sp³-hybridized carbons (Fsp3) is 0.125. The predicted molar refractivity (Wildman–Crippen MR) is 76.2 cm³/mol. The van der Waals surface area contributed by atoms with Gasteiger partial charge in [0.25, 0.3) is 0 Å². The van der Waals surface area contributed by atoms with E-state index in [1.807, 2.05) is 42.5 Å². The van der Waals surface area contributed by atoms with Gasteiger partial charge in [-0.25, -0.2) is 4.79 Å². The maximum absolute atomic E-state index is 10.6. The number of hydrogen-bond acceptors (Lipinski definition) is 3. The maximum atomic E-state index is 10.6. The quantitative estimate of drug-likeness (QED) is 0.480. The Hall–Kier alpha value is -2.42. The van der Waals surface area contributed by atoms with Crippen LogP contribution in [0.25, 0.3) is 10.8 Å². The van der Waals surface area contributed by atoms with Crippen molar-refractivity contribution in [3.8, 4) is 0 Å². The molecular formula is C16H16O3. The first-order chi connectivity index (χ1) is 9.22. The SMILES string of the molecule is C=CC(=O)OCC.O=Cc1cccc2ccccc12. The minimum atomic E-state index is -0.359. The van der Waals surface area contributed by atoms with E-state index in [4.69, 9.17) is 0 Å². The third-order valence-corrected chi connectivity index (χ3v) is 2.40. The molecule has 3 nitrogen and oxygen atoms in total. The summed E-state index contributed by atoms with van der Waals surface area (Å²) in [5, 5.41) is 2.14. The summed E-state index contributed by atoms with van der Waals surface area (Å²) in [6, 6.07) is 13.6. The summed E-state index contributed by atoms with van der Waals surface area (Å²) < 4.78 is 4.43. The monoisotopic (exact) mass is 256 g/mol. The number of hydrogen-bond donors (Lipinski definition) is 0. The van der Waals surface area contributed by atoms with Gasteiger partial charge in [-0.15, -0.1) is 0 Å². The molecule has 0 N–H and O–H groups in total. The summed E-state index contributed by atoms with van der Waals surface area (Å²) >= 11 is 0. The highest BCUT2D eigenvalue weighted by molar-refractivity contribution is 5.97. The molecule has 0 heterocycles. The van der Waals surface area contributed by atoms with Crippen LogP contribution in [0.1, 0.15) is 17.3 Å². The fourth-order valence-electron chi connectivity index (χ4n) is 1.55. The molecule has 0 aliphatic rings. The fourth-order valence-corrected chi connectivity index (χ4v) is 1.55. The second-order valence-corrected chi connectivity index (χ2v) is 3.64. The van der Waals surface area contributed by atoms with E-state index in [2.05, 4.69) is 11.3 Å². The molecule has 0 atom stereocenters. The van der Waals surface area contributed by atoms with Crippen molar-refractivity contribution in [3.63, 3.8) is 0 Å². The average molecular weight is 256 g/mol. The van der Waals surface area contributed by atoms with Gasteiger partial charge in [-0.1, -0.05) is 49.0 Å². The molecular weight excluding hydrogens is 240 g/mol. The summed E-state index contributed by atoms with van der Waals surface area (Å²) in [6.45, 7) is 5.38. The zero-order valence-electron chi connectivity index (χ0n) is 10.8. The Balaban J connectivity index is 0.000000224. The Morgan fingerprint density at radius 2 is 1.89 bits per heavy atom. The van der Waals surface area contributed by atoms with Crippen LogP contribution in [-0.2, 0) is 9.53 Å². The van der Waals surface area contributed by atoms with Crippen LogP contribution in [0.15, 0.2) is 55.1 Å². The Kier molecular flexibility index (Phi) is 6.03. The van der Waals surface area contributed by atoms with Gasteiger partial charge in [-0.2, -0.15) is 0 Å². The zero-order chi connectivity index (χ0) is 14.1. The minimum Gasteiger partial charge on any atom is -0.463 e. The molecule has 0 amide bonds. The number of ether oxygens (including phenoxy) is 1. The lowest BCUT2D eigenvalue weighted by Gasteiger charge is -1.98. The number of aldehydes is 1. The number of carbonyl (C=O) groups is 2. The maximum Gasteiger partial charge on any atom is 0.330 e. The van der Waals surface area contributed by atoms with Crippen LogP contribution in [-0.4, -0.2) is 18.9 Å². The van der Waals surface area contributed by atoms with Crippen LogP contribution in [0.5, 0.6) is 0 Å². The third-order valence-electron chi connectivity index (χ3n) is 2.40. The van der Waals surface area contributed by atoms with Crippen LogP contribution < -0.4 is 0 Å². The third kappa shape index (κ3) is 4.39. The zero-order valence-corrected chi connectivity index (χ0v) is 10.8. The molecule has 3 heteroatoms. The lowest BCUT2D eigenvalue weighted by atomic mass is 10.1. The highest BCUT2D eigenvalue weighted by Gasteiger charge is 1.96. The minimum absolute atomic E-state index is 0.359. The van der Waals surface area contributed by atoms with Gasteiger partial charge in [0, 0.05) is 11.6 Å². The van der Waals surface area contributed by atoms with Gasteiger partial charge >= 0.3 is 5.97 Å². The first kappa shape index (κ1) is 14.6. The molecule has 2 aromatic carbocycles. The second-order valence-electron chi connectivity index (χ2n) is 3.64. The van der Waals surface area contributed by atoms with Gasteiger partial charge in [0.2, 0.25) is 0 Å². The molecule has 0 radical (unpaired) electrons. The molecule has 0 fully saturated rings. The molecule has 98 valence electrons. The molecule has 2 aromatic rings. The first-order valence-corrected chi connectivity index (χ1v) is 5.95. The summed E-state index contributed by atoms with van der Waals surface area (Å²) in [5.74, 6) is -0.359. The van der Waals surface area contributed by atoms with Crippen molar-refractivity contribution in [3.05, 3.63) is 60.7 Å². The van der Waals surface area contributed by atoms with Crippen LogP contribution in [0.4, 0.5) is 0 Å². The van der Waals surface area contributed by atoms with Crippen molar-refractivity contribution < 1.29 is 14.3 Å². The topological polar surface area (TPSA) is 43.4 Å². The average Bonchev–Trinajstić information content (AvgIpc) is 2.47. The lowest BCUT2D eigenvalue weighted by molar-refractivity contribution is -0.137. The Morgan fingerprint density at radius 3 is 2.47 bits per heavy atom. The second kappa shape index (κ2) is 7.82. The van der Waals surface area contributed by atoms with Crippen molar-refractivity contribution in [1.82, 2.24) is 0 Å². The van der Waals surface area contributed by atoms with E-state index >= 15 is 0 Å². The van der Waals surface area contributed by atoms with E-state index in [1.54, 1.807) is 6.92 Å². The molecule has 0 aliphatic heterocycles. The number of benzene rings is 2. The van der Waals surface area contributed by atoms with E-state index in [0.29, 0.717) is 6.61 Å². The number of fused-ring (bicyclic) bond motifs is 1. The summed E-state index contributed by atoms with van der Waals surface area (Å²) in [5.41, 5.74) is 0.758. The van der Waals surface area contributed by atoms with Gasteiger partial charge in [-0.05, 0) is 17.7 Å². The largest absolute Gasteiger partial charge is 0.463 e. The van der Waals surface area contributed by atoms with Crippen molar-refractivity contribution >= 4 is 23.0 Å². The molecule has 0 bridgehead atoms. The first-order valence-electron chi connectivity index (χ1n) is 5.95. The summed E-state index contributed by atoms with van der Waals surface area (Å²) in [6.07, 6.45) is 2.03. The van der Waals surface area contributed by atoms with E-state index < -0.39 is 0 Å². The Morgan fingerprint density at radius 1 is 1.21 bits per heavy atom. The summed E-state index contributed by atoms with van der Waals surface area (Å²) in [4.78, 5) is 20.7. The van der Waals surface area contributed by atoms with Gasteiger partial charge in [0.1, 0.15) is 0 Å². The number of rotatable bonds is 3. The van der Waals surface area contributed by atoms with E-state index in [1.165, 1.54) is 0 Å². The number of esters is 1. The van der Waals surface area contributed by atoms with E-state index in [-0.39, 0.29) is 5.97 Å². The normalized spacial score (nSPS) is 9.11. The van der Waals surface area contributed by atoms with Crippen LogP contribution >= 0.6 is 0 Å². The van der Waals surface area contributed by atoms with Crippen molar-refractivity contribution in [2.75, 3.05) is 6.61 Å². The molecule has 0 saturated heterocycles. The van der Waals surface area contributed by atoms with Crippen LogP contribution in [0.2, 0.25) is 0 Å². The van der Waals surface area contributed by atoms with E-state index in [0.717, 1.165) is 28.7 Å².